The number of nitrogens with zero attached hydrogens (tertiary/aromatic N) is 1. The number of hydrogen-bond acceptors (Lipinski definition) is 2. The summed E-state index contributed by atoms with van der Waals surface area (Å²) in [5.41, 5.74) is 0.232. The van der Waals surface area contributed by atoms with Crippen molar-refractivity contribution in [1.82, 2.24) is 10.2 Å². The molecule has 0 bridgehead atoms. The lowest BCUT2D eigenvalue weighted by atomic mass is 10.0. The fourth-order valence-electron chi connectivity index (χ4n) is 2.45. The first kappa shape index (κ1) is 15.0. The summed E-state index contributed by atoms with van der Waals surface area (Å²) < 4.78 is 0. The van der Waals surface area contributed by atoms with Crippen LogP contribution in [0.3, 0.4) is 0 Å². The third kappa shape index (κ3) is 5.39. The molecule has 17 heavy (non-hydrogen) atoms. The minimum absolute atomic E-state index is 0.232. The van der Waals surface area contributed by atoms with E-state index in [0.717, 1.165) is 18.5 Å². The van der Waals surface area contributed by atoms with E-state index in [1.807, 2.05) is 0 Å². The third-order valence-corrected chi connectivity index (χ3v) is 4.01. The molecule has 0 heterocycles. The highest BCUT2D eigenvalue weighted by atomic mass is 15.2. The first-order valence-electron chi connectivity index (χ1n) is 7.32. The molecular formula is C15H32N2. The monoisotopic (exact) mass is 240 g/mol. The van der Waals surface area contributed by atoms with Crippen molar-refractivity contribution in [2.45, 2.75) is 77.9 Å². The van der Waals surface area contributed by atoms with E-state index in [2.05, 4.69) is 51.9 Å². The molecule has 2 atom stereocenters. The summed E-state index contributed by atoms with van der Waals surface area (Å²) in [6, 6.07) is 1.45. The normalized spacial score (nSPS) is 20.6. The van der Waals surface area contributed by atoms with Crippen molar-refractivity contribution in [2.75, 3.05) is 13.6 Å². The predicted octanol–water partition coefficient (Wildman–Crippen LogP) is 3.27. The summed E-state index contributed by atoms with van der Waals surface area (Å²) in [6.07, 6.45) is 5.46. The Morgan fingerprint density at radius 1 is 1.29 bits per heavy atom. The lowest BCUT2D eigenvalue weighted by molar-refractivity contribution is 0.148. The van der Waals surface area contributed by atoms with Crippen LogP contribution in [0.15, 0.2) is 0 Å². The largest absolute Gasteiger partial charge is 0.311 e. The van der Waals surface area contributed by atoms with E-state index in [4.69, 9.17) is 0 Å². The maximum Gasteiger partial charge on any atom is 0.0220 e. The first-order chi connectivity index (χ1) is 7.85. The Bertz CT molecular complexity index is 215. The Labute approximate surface area is 108 Å². The Morgan fingerprint density at radius 3 is 2.29 bits per heavy atom. The molecule has 0 amide bonds. The second kappa shape index (κ2) is 6.19. The quantitative estimate of drug-likeness (QED) is 0.735. The van der Waals surface area contributed by atoms with Gasteiger partial charge in [-0.2, -0.15) is 0 Å². The maximum absolute atomic E-state index is 3.66. The topological polar surface area (TPSA) is 15.3 Å². The molecule has 0 aromatic carbocycles. The van der Waals surface area contributed by atoms with E-state index in [1.54, 1.807) is 0 Å². The van der Waals surface area contributed by atoms with Crippen molar-refractivity contribution in [3.8, 4) is 0 Å². The second-order valence-electron chi connectivity index (χ2n) is 6.82. The Balaban J connectivity index is 2.45. The molecule has 2 nitrogen and oxygen atoms in total. The van der Waals surface area contributed by atoms with Crippen LogP contribution in [0.1, 0.15) is 60.3 Å². The van der Waals surface area contributed by atoms with Gasteiger partial charge in [-0.15, -0.1) is 0 Å². The van der Waals surface area contributed by atoms with Crippen LogP contribution < -0.4 is 5.32 Å². The number of nitrogens with one attached hydrogen (secondary N) is 1. The molecule has 1 rings (SSSR count). The van der Waals surface area contributed by atoms with Crippen LogP contribution in [0.2, 0.25) is 0 Å². The number of likely N-dealkylation sites (N-methyl/N-ethyl adjacent to an activating group) is 1. The number of hydrogen-bond donors (Lipinski definition) is 1. The first-order valence-corrected chi connectivity index (χ1v) is 7.32. The molecule has 1 fully saturated rings. The van der Waals surface area contributed by atoms with E-state index < -0.39 is 0 Å². The Hall–Kier alpha value is -0.0800. The molecule has 1 aliphatic rings. The number of rotatable bonds is 7. The zero-order valence-electron chi connectivity index (χ0n) is 12.7. The van der Waals surface area contributed by atoms with Crippen LogP contribution in [0.5, 0.6) is 0 Å². The van der Waals surface area contributed by atoms with E-state index in [1.165, 1.54) is 25.7 Å². The van der Waals surface area contributed by atoms with Crippen molar-refractivity contribution in [2.24, 2.45) is 5.92 Å². The van der Waals surface area contributed by atoms with E-state index in [-0.39, 0.29) is 5.54 Å². The SMILES string of the molecule is CCCC(CNC(C)(C)C)N(C)C(C)C1CC1. The summed E-state index contributed by atoms with van der Waals surface area (Å²) >= 11 is 0. The van der Waals surface area contributed by atoms with Crippen molar-refractivity contribution < 1.29 is 0 Å². The zero-order valence-corrected chi connectivity index (χ0v) is 12.7. The van der Waals surface area contributed by atoms with Crippen LogP contribution in [-0.4, -0.2) is 36.1 Å². The highest BCUT2D eigenvalue weighted by Crippen LogP contribution is 2.35. The molecule has 0 radical (unpaired) electrons. The van der Waals surface area contributed by atoms with E-state index in [9.17, 15) is 0 Å². The summed E-state index contributed by atoms with van der Waals surface area (Å²) in [5, 5.41) is 3.66. The van der Waals surface area contributed by atoms with Gasteiger partial charge in [-0.1, -0.05) is 13.3 Å². The highest BCUT2D eigenvalue weighted by Gasteiger charge is 2.33. The van der Waals surface area contributed by atoms with Gasteiger partial charge >= 0.3 is 0 Å². The summed E-state index contributed by atoms with van der Waals surface area (Å²) in [6.45, 7) is 12.6. The smallest absolute Gasteiger partial charge is 0.0220 e. The molecular weight excluding hydrogens is 208 g/mol. The fraction of sp³-hybridized carbons (Fsp3) is 1.00. The minimum Gasteiger partial charge on any atom is -0.311 e. The van der Waals surface area contributed by atoms with E-state index in [0.29, 0.717) is 6.04 Å². The van der Waals surface area contributed by atoms with Crippen LogP contribution in [0, 0.1) is 5.92 Å². The van der Waals surface area contributed by atoms with Crippen LogP contribution in [0.4, 0.5) is 0 Å². The van der Waals surface area contributed by atoms with Crippen molar-refractivity contribution in [3.63, 3.8) is 0 Å². The van der Waals surface area contributed by atoms with Gasteiger partial charge in [0.05, 0.1) is 0 Å². The summed E-state index contributed by atoms with van der Waals surface area (Å²) in [4.78, 5) is 2.61. The predicted molar refractivity (Wildman–Crippen MR) is 76.4 cm³/mol. The molecule has 0 aromatic rings. The van der Waals surface area contributed by atoms with Crippen LogP contribution in [0.25, 0.3) is 0 Å². The van der Waals surface area contributed by atoms with Gasteiger partial charge in [-0.05, 0) is 59.9 Å². The second-order valence-corrected chi connectivity index (χ2v) is 6.82. The molecule has 0 spiro atoms. The van der Waals surface area contributed by atoms with Crippen molar-refractivity contribution in [1.29, 1.82) is 0 Å². The third-order valence-electron chi connectivity index (χ3n) is 4.01. The van der Waals surface area contributed by atoms with E-state index >= 15 is 0 Å². The standard InChI is InChI=1S/C15H32N2/c1-7-8-14(11-16-15(3,4)5)17(6)12(2)13-9-10-13/h12-14,16H,7-11H2,1-6H3. The summed E-state index contributed by atoms with van der Waals surface area (Å²) in [7, 11) is 2.31. The fourth-order valence-corrected chi connectivity index (χ4v) is 2.45. The zero-order chi connectivity index (χ0) is 13.1. The van der Waals surface area contributed by atoms with Gasteiger partial charge < -0.3 is 5.32 Å². The van der Waals surface area contributed by atoms with Crippen molar-refractivity contribution >= 4 is 0 Å². The molecule has 1 saturated carbocycles. The molecule has 1 N–H and O–H groups in total. The molecule has 102 valence electrons. The molecule has 0 saturated heterocycles. The lowest BCUT2D eigenvalue weighted by Crippen LogP contribution is -2.49. The Morgan fingerprint density at radius 2 is 1.88 bits per heavy atom. The van der Waals surface area contributed by atoms with Crippen LogP contribution >= 0.6 is 0 Å². The molecule has 2 heteroatoms. The molecule has 0 aromatic heterocycles. The molecule has 0 aliphatic heterocycles. The maximum atomic E-state index is 3.66. The minimum atomic E-state index is 0.232. The highest BCUT2D eigenvalue weighted by molar-refractivity contribution is 4.88. The Kier molecular flexibility index (Phi) is 5.46. The molecule has 1 aliphatic carbocycles. The lowest BCUT2D eigenvalue weighted by Gasteiger charge is -2.35. The van der Waals surface area contributed by atoms with Crippen LogP contribution in [-0.2, 0) is 0 Å². The summed E-state index contributed by atoms with van der Waals surface area (Å²) in [5.74, 6) is 0.967. The van der Waals surface area contributed by atoms with Gasteiger partial charge in [-0.25, -0.2) is 0 Å². The van der Waals surface area contributed by atoms with Gasteiger partial charge in [0.25, 0.3) is 0 Å². The molecule has 2 unspecified atom stereocenters. The van der Waals surface area contributed by atoms with Gasteiger partial charge in [0.2, 0.25) is 0 Å². The van der Waals surface area contributed by atoms with Gasteiger partial charge in [0.1, 0.15) is 0 Å². The van der Waals surface area contributed by atoms with Gasteiger partial charge in [0.15, 0.2) is 0 Å². The van der Waals surface area contributed by atoms with Gasteiger partial charge in [-0.3, -0.25) is 4.90 Å². The average Bonchev–Trinajstić information content (AvgIpc) is 3.04. The van der Waals surface area contributed by atoms with Crippen molar-refractivity contribution in [3.05, 3.63) is 0 Å². The average molecular weight is 240 g/mol. The van der Waals surface area contributed by atoms with Gasteiger partial charge in [0, 0.05) is 24.2 Å².